The van der Waals surface area contributed by atoms with E-state index in [0.717, 1.165) is 0 Å². The van der Waals surface area contributed by atoms with Gasteiger partial charge < -0.3 is 4.90 Å². The Bertz CT molecular complexity index is 3130. The average Bonchev–Trinajstić information content (AvgIpc) is 3.91. The molecule has 0 heterocycles. The van der Waals surface area contributed by atoms with Crippen molar-refractivity contribution in [1.29, 1.82) is 0 Å². The Kier molecular flexibility index (Phi) is 7.87. The maximum Gasteiger partial charge on any atom is 0.0746 e. The Labute approximate surface area is 380 Å². The van der Waals surface area contributed by atoms with Crippen LogP contribution in [0.15, 0.2) is 164 Å². The third-order valence-electron chi connectivity index (χ3n) is 15.8. The molecule has 0 unspecified atom stereocenters. The average molecular weight is 828 g/mol. The van der Waals surface area contributed by atoms with Gasteiger partial charge in [0.25, 0.3) is 0 Å². The number of hydrogen-bond donors (Lipinski definition) is 0. The zero-order valence-corrected chi connectivity index (χ0v) is 39.0. The van der Waals surface area contributed by atoms with Crippen LogP contribution < -0.4 is 4.90 Å². The van der Waals surface area contributed by atoms with Gasteiger partial charge >= 0.3 is 0 Å². The number of hydrogen-bond acceptors (Lipinski definition) is 1. The molecule has 0 radical (unpaired) electrons. The molecule has 1 nitrogen and oxygen atoms in total. The fraction of sp³-hybridized carbons (Fsp3) is 0.238. The molecule has 0 saturated heterocycles. The van der Waals surface area contributed by atoms with E-state index in [0.29, 0.717) is 0 Å². The van der Waals surface area contributed by atoms with Crippen molar-refractivity contribution in [2.45, 2.75) is 96.3 Å². The molecular formula is C63H57N. The highest BCUT2D eigenvalue weighted by Gasteiger charge is 2.54. The summed E-state index contributed by atoms with van der Waals surface area (Å²) in [5.74, 6) is 0. The molecule has 8 aromatic rings. The van der Waals surface area contributed by atoms with Crippen molar-refractivity contribution in [3.63, 3.8) is 0 Å². The standard InChI is InChI=1S/C63H57N/c1-59(2,3)38-26-30-47-48-31-27-39(60(4,5)6)35-56(48)63(55(47)34-38)52-24-16-13-20-44(52)49-21-17-25-57(58(49)63)64(40-28-32-45-42-18-11-14-22-50(42)61(7,8)53(45)36-40)41-29-33-46-43-19-12-15-23-51(43)62(9,10)54(46)37-41/h11-37H,1-10H3. The first kappa shape index (κ1) is 39.2. The monoisotopic (exact) mass is 827 g/mol. The number of benzene rings is 8. The van der Waals surface area contributed by atoms with E-state index in [1.807, 2.05) is 0 Å². The smallest absolute Gasteiger partial charge is 0.0746 e. The third-order valence-corrected chi connectivity index (χ3v) is 15.8. The summed E-state index contributed by atoms with van der Waals surface area (Å²) in [5, 5.41) is 0. The first-order valence-corrected chi connectivity index (χ1v) is 23.3. The van der Waals surface area contributed by atoms with Gasteiger partial charge in [-0.25, -0.2) is 0 Å². The predicted octanol–water partition coefficient (Wildman–Crippen LogP) is 16.7. The molecule has 1 spiro atoms. The molecule has 0 N–H and O–H groups in total. The second-order valence-electron chi connectivity index (χ2n) is 22.2. The molecule has 4 aliphatic rings. The van der Waals surface area contributed by atoms with E-state index in [9.17, 15) is 0 Å². The van der Waals surface area contributed by atoms with Gasteiger partial charge in [-0.2, -0.15) is 0 Å². The third kappa shape index (κ3) is 5.07. The summed E-state index contributed by atoms with van der Waals surface area (Å²) in [6.45, 7) is 23.7. The molecule has 314 valence electrons. The minimum atomic E-state index is -0.563. The van der Waals surface area contributed by atoms with E-state index in [4.69, 9.17) is 0 Å². The molecule has 0 amide bonds. The van der Waals surface area contributed by atoms with Gasteiger partial charge in [-0.15, -0.1) is 0 Å². The summed E-state index contributed by atoms with van der Waals surface area (Å²) in [7, 11) is 0. The Balaban J connectivity index is 1.20. The topological polar surface area (TPSA) is 3.24 Å². The van der Waals surface area contributed by atoms with Crippen molar-refractivity contribution in [2.75, 3.05) is 4.90 Å². The van der Waals surface area contributed by atoms with Crippen molar-refractivity contribution in [3.8, 4) is 44.5 Å². The largest absolute Gasteiger partial charge is 0.310 e. The van der Waals surface area contributed by atoms with Crippen LogP contribution in [0.3, 0.4) is 0 Å². The minimum absolute atomic E-state index is 0.0301. The van der Waals surface area contributed by atoms with Gasteiger partial charge in [-0.3, -0.25) is 0 Å². The molecule has 0 atom stereocenters. The van der Waals surface area contributed by atoms with Crippen molar-refractivity contribution in [1.82, 2.24) is 0 Å². The van der Waals surface area contributed by atoms with Gasteiger partial charge in [-0.05, 0) is 136 Å². The molecule has 0 bridgehead atoms. The molecule has 0 aliphatic heterocycles. The highest BCUT2D eigenvalue weighted by molar-refractivity contribution is 6.00. The van der Waals surface area contributed by atoms with Crippen LogP contribution >= 0.6 is 0 Å². The van der Waals surface area contributed by atoms with E-state index in [-0.39, 0.29) is 21.7 Å². The maximum atomic E-state index is 2.63. The van der Waals surface area contributed by atoms with Gasteiger partial charge in [0.05, 0.1) is 11.1 Å². The number of anilines is 3. The van der Waals surface area contributed by atoms with Crippen LogP contribution in [-0.2, 0) is 27.1 Å². The molecule has 0 fully saturated rings. The Morgan fingerprint density at radius 2 is 0.703 bits per heavy atom. The van der Waals surface area contributed by atoms with Gasteiger partial charge in [0.1, 0.15) is 0 Å². The molecule has 0 aromatic heterocycles. The van der Waals surface area contributed by atoms with E-state index >= 15 is 0 Å². The van der Waals surface area contributed by atoms with E-state index in [2.05, 4.69) is 238 Å². The van der Waals surface area contributed by atoms with Crippen LogP contribution in [0.25, 0.3) is 44.5 Å². The molecule has 0 saturated carbocycles. The van der Waals surface area contributed by atoms with Gasteiger partial charge in [0.2, 0.25) is 0 Å². The van der Waals surface area contributed by atoms with Crippen LogP contribution in [-0.4, -0.2) is 0 Å². The van der Waals surface area contributed by atoms with Crippen molar-refractivity contribution in [3.05, 3.63) is 219 Å². The van der Waals surface area contributed by atoms with Crippen LogP contribution in [0.1, 0.15) is 125 Å². The lowest BCUT2D eigenvalue weighted by Crippen LogP contribution is -2.29. The minimum Gasteiger partial charge on any atom is -0.310 e. The lowest BCUT2D eigenvalue weighted by Gasteiger charge is -2.37. The molecular weight excluding hydrogens is 771 g/mol. The molecule has 1 heteroatoms. The zero-order chi connectivity index (χ0) is 44.3. The summed E-state index contributed by atoms with van der Waals surface area (Å²) in [5.41, 5.74) is 27.0. The Morgan fingerprint density at radius 1 is 0.328 bits per heavy atom. The number of nitrogens with zero attached hydrogens (tertiary/aromatic N) is 1. The number of fused-ring (bicyclic) bond motifs is 16. The zero-order valence-electron chi connectivity index (χ0n) is 39.0. The summed E-state index contributed by atoms with van der Waals surface area (Å²) in [6, 6.07) is 63.9. The van der Waals surface area contributed by atoms with Crippen molar-refractivity contribution >= 4 is 17.1 Å². The fourth-order valence-corrected chi connectivity index (χ4v) is 12.4. The molecule has 12 rings (SSSR count). The lowest BCUT2D eigenvalue weighted by atomic mass is 9.68. The van der Waals surface area contributed by atoms with Crippen LogP contribution in [0.2, 0.25) is 0 Å². The van der Waals surface area contributed by atoms with Crippen LogP contribution in [0, 0.1) is 0 Å². The second kappa shape index (κ2) is 12.9. The van der Waals surface area contributed by atoms with Crippen molar-refractivity contribution < 1.29 is 0 Å². The summed E-state index contributed by atoms with van der Waals surface area (Å²) >= 11 is 0. The number of rotatable bonds is 3. The lowest BCUT2D eigenvalue weighted by molar-refractivity contribution is 0.586. The predicted molar refractivity (Wildman–Crippen MR) is 270 cm³/mol. The van der Waals surface area contributed by atoms with Crippen LogP contribution in [0.5, 0.6) is 0 Å². The first-order chi connectivity index (χ1) is 30.5. The van der Waals surface area contributed by atoms with E-state index < -0.39 is 5.41 Å². The fourth-order valence-electron chi connectivity index (χ4n) is 12.4. The first-order valence-electron chi connectivity index (χ1n) is 23.3. The van der Waals surface area contributed by atoms with E-state index in [1.165, 1.54) is 117 Å². The van der Waals surface area contributed by atoms with E-state index in [1.54, 1.807) is 0 Å². The highest BCUT2D eigenvalue weighted by Crippen LogP contribution is 2.66. The van der Waals surface area contributed by atoms with Gasteiger partial charge in [0.15, 0.2) is 0 Å². The Hall–Kier alpha value is -6.44. The van der Waals surface area contributed by atoms with Gasteiger partial charge in [0, 0.05) is 27.8 Å². The summed E-state index contributed by atoms with van der Waals surface area (Å²) in [4.78, 5) is 2.63. The molecule has 4 aliphatic carbocycles. The van der Waals surface area contributed by atoms with Crippen LogP contribution in [0.4, 0.5) is 17.1 Å². The summed E-state index contributed by atoms with van der Waals surface area (Å²) < 4.78 is 0. The Morgan fingerprint density at radius 3 is 1.17 bits per heavy atom. The SMILES string of the molecule is CC(C)(C)c1ccc2c(c1)C1(c3cc(C(C)(C)C)ccc3-2)c2ccccc2-c2cccc(N(c3ccc4c(c3)C(C)(C)c3ccccc3-4)c3ccc4c(c3)C(C)(C)c3ccccc3-4)c21. The normalized spacial score (nSPS) is 16.0. The maximum absolute atomic E-state index is 2.63. The summed E-state index contributed by atoms with van der Waals surface area (Å²) in [6.07, 6.45) is 0. The quantitative estimate of drug-likeness (QED) is 0.171. The van der Waals surface area contributed by atoms with Gasteiger partial charge in [-0.1, -0.05) is 203 Å². The molecule has 64 heavy (non-hydrogen) atoms. The molecule has 8 aromatic carbocycles. The highest BCUT2D eigenvalue weighted by atomic mass is 15.1. The second-order valence-corrected chi connectivity index (χ2v) is 22.2. The van der Waals surface area contributed by atoms with Crippen molar-refractivity contribution in [2.24, 2.45) is 0 Å².